The standard InChI is InChI=1S/C18H20F3N3O2/c1-12-5-4-8-23(10-12)17(25)16-15(26-2)11-24(22-16)14-7-3-6-13(9-14)18(19,20)21/h3,6-7,9,11-12H,4-5,8,10H2,1-2H3/t12-/m1/s1. The van der Waals surface area contributed by atoms with Crippen LogP contribution >= 0.6 is 0 Å². The summed E-state index contributed by atoms with van der Waals surface area (Å²) in [6.07, 6.45) is -1.03. The van der Waals surface area contributed by atoms with Gasteiger partial charge in [-0.2, -0.15) is 18.3 Å². The normalized spacial score (nSPS) is 18.0. The molecule has 1 aromatic heterocycles. The number of amides is 1. The number of methoxy groups -OCH3 is 1. The summed E-state index contributed by atoms with van der Waals surface area (Å²) in [5.74, 6) is 0.383. The maximum absolute atomic E-state index is 12.9. The summed E-state index contributed by atoms with van der Waals surface area (Å²) in [5, 5.41) is 4.21. The number of rotatable bonds is 3. The SMILES string of the molecule is COc1cn(-c2cccc(C(F)(F)F)c2)nc1C(=O)N1CCC[C@@H](C)C1. The summed E-state index contributed by atoms with van der Waals surface area (Å²) in [5.41, 5.74) is -0.453. The van der Waals surface area contributed by atoms with Crippen LogP contribution in [0.3, 0.4) is 0 Å². The predicted octanol–water partition coefficient (Wildman–Crippen LogP) is 3.77. The highest BCUT2D eigenvalue weighted by atomic mass is 19.4. The van der Waals surface area contributed by atoms with Gasteiger partial charge >= 0.3 is 6.18 Å². The molecule has 1 atom stereocenters. The van der Waals surface area contributed by atoms with Crippen LogP contribution in [0.15, 0.2) is 30.5 Å². The topological polar surface area (TPSA) is 47.4 Å². The molecular weight excluding hydrogens is 347 g/mol. The van der Waals surface area contributed by atoms with E-state index in [1.165, 1.54) is 30.1 Å². The molecule has 1 fully saturated rings. The highest BCUT2D eigenvalue weighted by Gasteiger charge is 2.31. The quantitative estimate of drug-likeness (QED) is 0.830. The number of alkyl halides is 3. The molecule has 1 aromatic carbocycles. The molecule has 1 saturated heterocycles. The molecule has 5 nitrogen and oxygen atoms in total. The summed E-state index contributed by atoms with van der Waals surface area (Å²) in [6.45, 7) is 3.36. The van der Waals surface area contributed by atoms with E-state index in [0.29, 0.717) is 19.0 Å². The van der Waals surface area contributed by atoms with Gasteiger partial charge in [0.05, 0.1) is 24.6 Å². The van der Waals surface area contributed by atoms with E-state index in [1.54, 1.807) is 4.90 Å². The van der Waals surface area contributed by atoms with Gasteiger partial charge in [0.2, 0.25) is 0 Å². The first-order chi connectivity index (χ1) is 12.3. The number of ether oxygens (including phenoxy) is 1. The monoisotopic (exact) mass is 367 g/mol. The molecule has 0 saturated carbocycles. The van der Waals surface area contributed by atoms with E-state index >= 15 is 0 Å². The minimum Gasteiger partial charge on any atom is -0.493 e. The Morgan fingerprint density at radius 2 is 2.12 bits per heavy atom. The number of halogens is 3. The number of benzene rings is 1. The minimum atomic E-state index is -4.45. The Morgan fingerprint density at radius 1 is 1.35 bits per heavy atom. The van der Waals surface area contributed by atoms with Crippen molar-refractivity contribution >= 4 is 5.91 Å². The first kappa shape index (κ1) is 18.3. The van der Waals surface area contributed by atoms with Gasteiger partial charge in [0.25, 0.3) is 5.91 Å². The van der Waals surface area contributed by atoms with Crippen molar-refractivity contribution in [3.8, 4) is 11.4 Å². The van der Waals surface area contributed by atoms with Crippen LogP contribution in [0.5, 0.6) is 5.75 Å². The molecule has 1 amide bonds. The summed E-state index contributed by atoms with van der Waals surface area (Å²) in [4.78, 5) is 14.5. The molecule has 1 aliphatic rings. The number of hydrogen-bond acceptors (Lipinski definition) is 3. The van der Waals surface area contributed by atoms with Gasteiger partial charge in [-0.3, -0.25) is 4.79 Å². The van der Waals surface area contributed by atoms with Gasteiger partial charge in [0, 0.05) is 13.1 Å². The molecule has 1 aliphatic heterocycles. The molecule has 2 aromatic rings. The number of aromatic nitrogens is 2. The Labute approximate surface area is 149 Å². The Balaban J connectivity index is 1.93. The van der Waals surface area contributed by atoms with Crippen molar-refractivity contribution in [1.82, 2.24) is 14.7 Å². The molecule has 8 heteroatoms. The van der Waals surface area contributed by atoms with Gasteiger partial charge in [0.15, 0.2) is 11.4 Å². The number of carbonyl (C=O) groups is 1. The second-order valence-corrected chi connectivity index (χ2v) is 6.54. The van der Waals surface area contributed by atoms with Crippen molar-refractivity contribution in [3.63, 3.8) is 0 Å². The van der Waals surface area contributed by atoms with Crippen LogP contribution in [-0.4, -0.2) is 40.8 Å². The molecule has 0 N–H and O–H groups in total. The Kier molecular flexibility index (Phi) is 4.93. The van der Waals surface area contributed by atoms with Gasteiger partial charge in [-0.1, -0.05) is 13.0 Å². The van der Waals surface area contributed by atoms with E-state index in [1.807, 2.05) is 0 Å². The van der Waals surface area contributed by atoms with Crippen molar-refractivity contribution in [3.05, 3.63) is 41.7 Å². The third-order valence-electron chi connectivity index (χ3n) is 4.49. The fourth-order valence-corrected chi connectivity index (χ4v) is 3.14. The van der Waals surface area contributed by atoms with E-state index in [9.17, 15) is 18.0 Å². The minimum absolute atomic E-state index is 0.110. The van der Waals surface area contributed by atoms with Crippen LogP contribution in [0.25, 0.3) is 5.69 Å². The van der Waals surface area contributed by atoms with Gasteiger partial charge < -0.3 is 9.64 Å². The highest BCUT2D eigenvalue weighted by Crippen LogP contribution is 2.31. The van der Waals surface area contributed by atoms with Crippen LogP contribution < -0.4 is 4.74 Å². The lowest BCUT2D eigenvalue weighted by atomic mass is 10.00. The van der Waals surface area contributed by atoms with Crippen LogP contribution in [-0.2, 0) is 6.18 Å². The Hall–Kier alpha value is -2.51. The summed E-state index contributed by atoms with van der Waals surface area (Å²) < 4.78 is 45.3. The van der Waals surface area contributed by atoms with E-state index in [2.05, 4.69) is 12.0 Å². The fourth-order valence-electron chi connectivity index (χ4n) is 3.14. The lowest BCUT2D eigenvalue weighted by Gasteiger charge is -2.30. The molecule has 2 heterocycles. The molecule has 0 spiro atoms. The van der Waals surface area contributed by atoms with E-state index in [-0.39, 0.29) is 23.0 Å². The molecule has 0 aliphatic carbocycles. The zero-order chi connectivity index (χ0) is 18.9. The van der Waals surface area contributed by atoms with Crippen LogP contribution in [0.4, 0.5) is 13.2 Å². The second-order valence-electron chi connectivity index (χ2n) is 6.54. The van der Waals surface area contributed by atoms with Crippen LogP contribution in [0.2, 0.25) is 0 Å². The van der Waals surface area contributed by atoms with Crippen LogP contribution in [0, 0.1) is 5.92 Å². The van der Waals surface area contributed by atoms with Crippen molar-refractivity contribution in [2.45, 2.75) is 25.9 Å². The molecule has 26 heavy (non-hydrogen) atoms. The average molecular weight is 367 g/mol. The lowest BCUT2D eigenvalue weighted by Crippen LogP contribution is -2.39. The van der Waals surface area contributed by atoms with Crippen LogP contribution in [0.1, 0.15) is 35.8 Å². The van der Waals surface area contributed by atoms with Gasteiger partial charge in [0.1, 0.15) is 0 Å². The number of nitrogens with zero attached hydrogens (tertiary/aromatic N) is 3. The van der Waals surface area contributed by atoms with E-state index < -0.39 is 11.7 Å². The zero-order valence-corrected chi connectivity index (χ0v) is 14.6. The van der Waals surface area contributed by atoms with Crippen molar-refractivity contribution in [1.29, 1.82) is 0 Å². The molecular formula is C18H20F3N3O2. The predicted molar refractivity (Wildman–Crippen MR) is 89.4 cm³/mol. The Morgan fingerprint density at radius 3 is 2.77 bits per heavy atom. The molecule has 3 rings (SSSR count). The smallest absolute Gasteiger partial charge is 0.416 e. The molecule has 0 radical (unpaired) electrons. The summed E-state index contributed by atoms with van der Waals surface area (Å²) in [6, 6.07) is 4.79. The third kappa shape index (κ3) is 3.68. The van der Waals surface area contributed by atoms with Crippen molar-refractivity contribution in [2.24, 2.45) is 5.92 Å². The lowest BCUT2D eigenvalue weighted by molar-refractivity contribution is -0.137. The number of carbonyl (C=O) groups excluding carboxylic acids is 1. The maximum Gasteiger partial charge on any atom is 0.416 e. The van der Waals surface area contributed by atoms with Gasteiger partial charge in [-0.25, -0.2) is 4.68 Å². The molecule has 0 bridgehead atoms. The van der Waals surface area contributed by atoms with Crippen molar-refractivity contribution in [2.75, 3.05) is 20.2 Å². The largest absolute Gasteiger partial charge is 0.493 e. The first-order valence-electron chi connectivity index (χ1n) is 8.40. The summed E-state index contributed by atoms with van der Waals surface area (Å²) in [7, 11) is 1.41. The zero-order valence-electron chi connectivity index (χ0n) is 14.6. The molecule has 140 valence electrons. The Bertz CT molecular complexity index is 801. The van der Waals surface area contributed by atoms with E-state index in [0.717, 1.165) is 25.0 Å². The number of piperidine rings is 1. The maximum atomic E-state index is 12.9. The van der Waals surface area contributed by atoms with Gasteiger partial charge in [-0.05, 0) is 37.0 Å². The van der Waals surface area contributed by atoms with Crippen molar-refractivity contribution < 1.29 is 22.7 Å². The first-order valence-corrected chi connectivity index (χ1v) is 8.40. The summed E-state index contributed by atoms with van der Waals surface area (Å²) >= 11 is 0. The molecule has 0 unspecified atom stereocenters. The fraction of sp³-hybridized carbons (Fsp3) is 0.444. The van der Waals surface area contributed by atoms with E-state index in [4.69, 9.17) is 4.74 Å². The number of hydrogen-bond donors (Lipinski definition) is 0. The highest BCUT2D eigenvalue weighted by molar-refractivity contribution is 5.95. The van der Waals surface area contributed by atoms with Gasteiger partial charge in [-0.15, -0.1) is 0 Å². The second kappa shape index (κ2) is 7.01. The number of likely N-dealkylation sites (tertiary alicyclic amines) is 1. The average Bonchev–Trinajstić information content (AvgIpc) is 3.05. The third-order valence-corrected chi connectivity index (χ3v) is 4.49.